The molecule has 0 amide bonds. The minimum absolute atomic E-state index is 0.0178. The van der Waals surface area contributed by atoms with Crippen LogP contribution in [-0.2, 0) is 6.18 Å². The van der Waals surface area contributed by atoms with E-state index in [4.69, 9.17) is 5.11 Å². The van der Waals surface area contributed by atoms with Crippen molar-refractivity contribution in [2.75, 3.05) is 0 Å². The molecule has 2 rings (SSSR count). The Hall–Kier alpha value is -1.63. The molecule has 7 heteroatoms. The zero-order chi connectivity index (χ0) is 12.6. The highest BCUT2D eigenvalue weighted by Gasteiger charge is 2.34. The highest BCUT2D eigenvalue weighted by atomic mass is 32.1. The number of halogens is 4. The van der Waals surface area contributed by atoms with Gasteiger partial charge in [0, 0.05) is 17.8 Å². The molecule has 0 aliphatic rings. The van der Waals surface area contributed by atoms with Crippen molar-refractivity contribution in [1.82, 2.24) is 4.98 Å². The van der Waals surface area contributed by atoms with Gasteiger partial charge in [-0.2, -0.15) is 13.2 Å². The van der Waals surface area contributed by atoms with Gasteiger partial charge < -0.3 is 5.11 Å². The number of hydrogen-bond donors (Lipinski definition) is 1. The van der Waals surface area contributed by atoms with Crippen molar-refractivity contribution >= 4 is 11.3 Å². The maximum Gasteiger partial charge on any atom is 0.443 e. The van der Waals surface area contributed by atoms with Gasteiger partial charge >= 0.3 is 6.18 Å². The number of phenols is 1. The lowest BCUT2D eigenvalue weighted by Gasteiger charge is -2.01. The molecule has 0 unspecified atom stereocenters. The summed E-state index contributed by atoms with van der Waals surface area (Å²) in [5.41, 5.74) is -0.0178. The molecule has 0 saturated heterocycles. The number of alkyl halides is 3. The summed E-state index contributed by atoms with van der Waals surface area (Å²) in [5, 5.41) is 7.96. The molecule has 0 saturated carbocycles. The van der Waals surface area contributed by atoms with Crippen molar-refractivity contribution in [2.45, 2.75) is 6.18 Å². The average Bonchev–Trinajstić information content (AvgIpc) is 2.65. The summed E-state index contributed by atoms with van der Waals surface area (Å²) < 4.78 is 50.3. The van der Waals surface area contributed by atoms with Crippen LogP contribution in [0.5, 0.6) is 5.75 Å². The van der Waals surface area contributed by atoms with Gasteiger partial charge in [0.15, 0.2) is 5.01 Å². The monoisotopic (exact) mass is 263 g/mol. The van der Waals surface area contributed by atoms with Crippen LogP contribution in [-0.4, -0.2) is 10.1 Å². The third-order valence-electron chi connectivity index (χ3n) is 1.97. The van der Waals surface area contributed by atoms with E-state index in [1.165, 1.54) is 12.1 Å². The van der Waals surface area contributed by atoms with Crippen molar-refractivity contribution in [3.63, 3.8) is 0 Å². The van der Waals surface area contributed by atoms with E-state index < -0.39 is 17.0 Å². The maximum absolute atomic E-state index is 13.4. The van der Waals surface area contributed by atoms with Crippen LogP contribution in [0, 0.1) is 5.82 Å². The predicted molar refractivity (Wildman–Crippen MR) is 54.2 cm³/mol. The lowest BCUT2D eigenvalue weighted by Crippen LogP contribution is -2.02. The Bertz CT molecular complexity index is 549. The molecule has 1 N–H and O–H groups in total. The van der Waals surface area contributed by atoms with Crippen molar-refractivity contribution in [2.24, 2.45) is 0 Å². The number of aromatic hydroxyl groups is 1. The molecular formula is C10H5F4NOS. The molecule has 2 aromatic rings. The Morgan fingerprint density at radius 3 is 2.47 bits per heavy atom. The predicted octanol–water partition coefficient (Wildman–Crippen LogP) is 3.67. The molecule has 1 aromatic heterocycles. The second kappa shape index (κ2) is 3.99. The minimum atomic E-state index is -4.53. The molecule has 0 aliphatic heterocycles. The highest BCUT2D eigenvalue weighted by molar-refractivity contribution is 7.15. The summed E-state index contributed by atoms with van der Waals surface area (Å²) in [6, 6.07) is 3.24. The van der Waals surface area contributed by atoms with Crippen LogP contribution in [0.1, 0.15) is 5.01 Å². The van der Waals surface area contributed by atoms with Gasteiger partial charge in [-0.25, -0.2) is 9.37 Å². The lowest BCUT2D eigenvalue weighted by molar-refractivity contribution is -0.137. The Morgan fingerprint density at radius 1 is 1.24 bits per heavy atom. The summed E-state index contributed by atoms with van der Waals surface area (Å²) in [6.07, 6.45) is -3.57. The van der Waals surface area contributed by atoms with E-state index >= 15 is 0 Å². The van der Waals surface area contributed by atoms with Crippen LogP contribution in [0.15, 0.2) is 24.4 Å². The molecule has 0 fully saturated rings. The van der Waals surface area contributed by atoms with Crippen molar-refractivity contribution in [3.8, 4) is 16.2 Å². The SMILES string of the molecule is Oc1ccc(-c2cnc(C(F)(F)F)s2)c(F)c1. The number of hydrogen-bond acceptors (Lipinski definition) is 3. The number of thiazole rings is 1. The molecule has 0 spiro atoms. The van der Waals surface area contributed by atoms with E-state index in [0.29, 0.717) is 11.3 Å². The van der Waals surface area contributed by atoms with E-state index in [0.717, 1.165) is 12.3 Å². The number of rotatable bonds is 1. The molecule has 1 aromatic carbocycles. The molecule has 17 heavy (non-hydrogen) atoms. The molecule has 0 bridgehead atoms. The largest absolute Gasteiger partial charge is 0.508 e. The smallest absolute Gasteiger partial charge is 0.443 e. The molecule has 0 atom stereocenters. The number of phenolic OH excluding ortho intramolecular Hbond substituents is 1. The lowest BCUT2D eigenvalue weighted by atomic mass is 10.2. The molecule has 0 aliphatic carbocycles. The zero-order valence-electron chi connectivity index (χ0n) is 8.12. The van der Waals surface area contributed by atoms with Crippen LogP contribution in [0.25, 0.3) is 10.4 Å². The highest BCUT2D eigenvalue weighted by Crippen LogP contribution is 2.37. The van der Waals surface area contributed by atoms with E-state index in [-0.39, 0.29) is 16.2 Å². The van der Waals surface area contributed by atoms with E-state index in [1.807, 2.05) is 0 Å². The maximum atomic E-state index is 13.4. The normalized spacial score (nSPS) is 11.8. The van der Waals surface area contributed by atoms with Gasteiger partial charge in [0.2, 0.25) is 0 Å². The average molecular weight is 263 g/mol. The van der Waals surface area contributed by atoms with Gasteiger partial charge in [0.05, 0.1) is 4.88 Å². The van der Waals surface area contributed by atoms with E-state index in [2.05, 4.69) is 4.98 Å². The van der Waals surface area contributed by atoms with E-state index in [1.54, 1.807) is 0 Å². The Morgan fingerprint density at radius 2 is 1.94 bits per heavy atom. The second-order valence-electron chi connectivity index (χ2n) is 3.19. The fourth-order valence-corrected chi connectivity index (χ4v) is 2.04. The van der Waals surface area contributed by atoms with Crippen LogP contribution in [0.2, 0.25) is 0 Å². The van der Waals surface area contributed by atoms with Gasteiger partial charge in [0.25, 0.3) is 0 Å². The quantitative estimate of drug-likeness (QED) is 0.796. The van der Waals surface area contributed by atoms with Crippen LogP contribution < -0.4 is 0 Å². The van der Waals surface area contributed by atoms with Crippen LogP contribution in [0.4, 0.5) is 17.6 Å². The second-order valence-corrected chi connectivity index (χ2v) is 4.22. The van der Waals surface area contributed by atoms with Crippen molar-refractivity contribution in [1.29, 1.82) is 0 Å². The van der Waals surface area contributed by atoms with Crippen LogP contribution >= 0.6 is 11.3 Å². The van der Waals surface area contributed by atoms with Gasteiger partial charge in [-0.05, 0) is 12.1 Å². The summed E-state index contributed by atoms with van der Waals surface area (Å²) in [7, 11) is 0. The van der Waals surface area contributed by atoms with Gasteiger partial charge in [-0.3, -0.25) is 0 Å². The van der Waals surface area contributed by atoms with Crippen molar-refractivity contribution < 1.29 is 22.7 Å². The summed E-state index contributed by atoms with van der Waals surface area (Å²) in [4.78, 5) is 3.26. The molecule has 2 nitrogen and oxygen atoms in total. The standard InChI is InChI=1S/C10H5F4NOS/c11-7-3-5(16)1-2-6(7)8-4-15-9(17-8)10(12,13)14/h1-4,16H. The van der Waals surface area contributed by atoms with Crippen molar-refractivity contribution in [3.05, 3.63) is 35.2 Å². The van der Waals surface area contributed by atoms with Crippen LogP contribution in [0.3, 0.4) is 0 Å². The first kappa shape index (κ1) is 11.8. The molecule has 1 heterocycles. The van der Waals surface area contributed by atoms with E-state index in [9.17, 15) is 17.6 Å². The molecular weight excluding hydrogens is 258 g/mol. The summed E-state index contributed by atoms with van der Waals surface area (Å²) in [6.45, 7) is 0. The first-order chi connectivity index (χ1) is 7.88. The molecule has 90 valence electrons. The Balaban J connectivity index is 2.44. The Labute approximate surface area is 97.2 Å². The van der Waals surface area contributed by atoms with Gasteiger partial charge in [-0.15, -0.1) is 11.3 Å². The Kier molecular flexibility index (Phi) is 2.78. The summed E-state index contributed by atoms with van der Waals surface area (Å²) in [5.74, 6) is -1.07. The first-order valence-corrected chi connectivity index (χ1v) is 5.21. The minimum Gasteiger partial charge on any atom is -0.508 e. The number of benzene rings is 1. The first-order valence-electron chi connectivity index (χ1n) is 4.40. The third-order valence-corrected chi connectivity index (χ3v) is 3.04. The summed E-state index contributed by atoms with van der Waals surface area (Å²) >= 11 is 0.355. The molecule has 0 radical (unpaired) electrons. The van der Waals surface area contributed by atoms with Gasteiger partial charge in [-0.1, -0.05) is 0 Å². The van der Waals surface area contributed by atoms with Gasteiger partial charge in [0.1, 0.15) is 11.6 Å². The fraction of sp³-hybridized carbons (Fsp3) is 0.100. The zero-order valence-corrected chi connectivity index (χ0v) is 8.94. The third kappa shape index (κ3) is 2.38. The number of aromatic nitrogens is 1. The number of nitrogens with zero attached hydrogens (tertiary/aromatic N) is 1. The fourth-order valence-electron chi connectivity index (χ4n) is 1.23. The topological polar surface area (TPSA) is 33.1 Å².